The summed E-state index contributed by atoms with van der Waals surface area (Å²) in [4.78, 5) is 24.0. The second kappa shape index (κ2) is 6.97. The summed E-state index contributed by atoms with van der Waals surface area (Å²) in [7, 11) is 1.46. The molecule has 0 rings (SSSR count). The summed E-state index contributed by atoms with van der Waals surface area (Å²) in [5, 5.41) is 5.82. The number of amides is 2. The molecule has 0 bridgehead atoms. The van der Waals surface area contributed by atoms with Crippen LogP contribution in [0.25, 0.3) is 0 Å². The van der Waals surface area contributed by atoms with Crippen LogP contribution in [0.2, 0.25) is 6.82 Å². The summed E-state index contributed by atoms with van der Waals surface area (Å²) >= 11 is 0. The summed E-state index contributed by atoms with van der Waals surface area (Å²) in [6, 6.07) is 0. The van der Waals surface area contributed by atoms with Gasteiger partial charge in [-0.1, -0.05) is 41.4 Å². The van der Waals surface area contributed by atoms with Gasteiger partial charge < -0.3 is 10.6 Å². The molecule has 2 N–H and O–H groups in total. The molecule has 0 aromatic heterocycles. The van der Waals surface area contributed by atoms with Crippen molar-refractivity contribution in [2.45, 2.75) is 66.9 Å². The first-order valence-corrected chi connectivity index (χ1v) is 7.09. The number of carbonyl (C=O) groups is 2. The van der Waals surface area contributed by atoms with Crippen molar-refractivity contribution in [2.75, 3.05) is 0 Å². The highest BCUT2D eigenvalue weighted by molar-refractivity contribution is 6.72. The molecule has 0 saturated heterocycles. The molecule has 2 unspecified atom stereocenters. The quantitative estimate of drug-likeness (QED) is 0.550. The fraction of sp³-hybridized carbons (Fsp3) is 0.857. The molecule has 0 heterocycles. The minimum atomic E-state index is -0.702. The third-order valence-electron chi connectivity index (χ3n) is 4.29. The Labute approximate surface area is 118 Å². The molecule has 109 valence electrons. The van der Waals surface area contributed by atoms with E-state index in [4.69, 9.17) is 0 Å². The predicted molar refractivity (Wildman–Crippen MR) is 80.2 cm³/mol. The van der Waals surface area contributed by atoms with E-state index in [0.717, 1.165) is 6.42 Å². The van der Waals surface area contributed by atoms with Gasteiger partial charge >= 0.3 is 0 Å². The van der Waals surface area contributed by atoms with Gasteiger partial charge in [-0.3, -0.25) is 9.59 Å². The lowest BCUT2D eigenvalue weighted by Gasteiger charge is -2.38. The molecule has 2 amide bonds. The first-order valence-electron chi connectivity index (χ1n) is 7.09. The Hall–Kier alpha value is -0.995. The summed E-state index contributed by atoms with van der Waals surface area (Å²) < 4.78 is 0. The van der Waals surface area contributed by atoms with E-state index in [-0.39, 0.29) is 17.6 Å². The zero-order valence-corrected chi connectivity index (χ0v) is 13.4. The molecular weight excluding hydrogens is 239 g/mol. The first-order chi connectivity index (χ1) is 8.65. The van der Waals surface area contributed by atoms with Gasteiger partial charge in [0.15, 0.2) is 5.81 Å². The maximum absolute atomic E-state index is 12.5. The van der Waals surface area contributed by atoms with Gasteiger partial charge in [0.05, 0.1) is 0 Å². The normalized spacial score (nSPS) is 17.3. The van der Waals surface area contributed by atoms with Crippen LogP contribution in [0, 0.1) is 11.3 Å². The summed E-state index contributed by atoms with van der Waals surface area (Å²) in [6.07, 6.45) is 1.40. The highest BCUT2D eigenvalue weighted by atomic mass is 16.2. The Morgan fingerprint density at radius 3 is 1.95 bits per heavy atom. The van der Waals surface area contributed by atoms with Crippen LogP contribution in [0.4, 0.5) is 4.79 Å². The monoisotopic (exact) mass is 267 g/mol. The van der Waals surface area contributed by atoms with Gasteiger partial charge in [-0.05, 0) is 25.7 Å². The lowest BCUT2D eigenvalue weighted by Crippen LogP contribution is -2.61. The summed E-state index contributed by atoms with van der Waals surface area (Å²) in [5.74, 6) is 0.0604. The summed E-state index contributed by atoms with van der Waals surface area (Å²) in [5.41, 5.74) is -1.12. The minimum Gasteiger partial charge on any atom is -0.343 e. The molecule has 5 heteroatoms. The number of hydrogen-bond acceptors (Lipinski definition) is 2. The van der Waals surface area contributed by atoms with Gasteiger partial charge in [0.1, 0.15) is 5.66 Å². The lowest BCUT2D eigenvalue weighted by atomic mass is 9.75. The van der Waals surface area contributed by atoms with E-state index in [2.05, 4.69) is 10.6 Å². The average molecular weight is 267 g/mol. The smallest absolute Gasteiger partial charge is 0.229 e. The first kappa shape index (κ1) is 18.0. The molecule has 0 aliphatic carbocycles. The zero-order valence-electron chi connectivity index (χ0n) is 13.4. The molecular formula is C14H28BN2O2. The van der Waals surface area contributed by atoms with Gasteiger partial charge in [0.2, 0.25) is 13.2 Å². The number of carbonyl (C=O) groups excluding carboxylic acids is 2. The maximum atomic E-state index is 12.5. The van der Waals surface area contributed by atoms with Crippen LogP contribution >= 0.6 is 0 Å². The maximum Gasteiger partial charge on any atom is 0.229 e. The molecule has 4 nitrogen and oxygen atoms in total. The van der Waals surface area contributed by atoms with E-state index in [1.54, 1.807) is 6.82 Å². The van der Waals surface area contributed by atoms with E-state index < -0.39 is 11.1 Å². The molecule has 0 aliphatic rings. The van der Waals surface area contributed by atoms with E-state index in [0.29, 0.717) is 6.42 Å². The van der Waals surface area contributed by atoms with Gasteiger partial charge in [-0.25, -0.2) is 0 Å². The second-order valence-corrected chi connectivity index (χ2v) is 5.84. The van der Waals surface area contributed by atoms with Crippen molar-refractivity contribution in [3.05, 3.63) is 0 Å². The Bertz CT molecular complexity index is 333. The van der Waals surface area contributed by atoms with Crippen molar-refractivity contribution < 1.29 is 9.59 Å². The fourth-order valence-electron chi connectivity index (χ4n) is 1.78. The Morgan fingerprint density at radius 2 is 1.63 bits per heavy atom. The lowest BCUT2D eigenvalue weighted by molar-refractivity contribution is -0.135. The van der Waals surface area contributed by atoms with Gasteiger partial charge in [0, 0.05) is 5.41 Å². The number of rotatable bonds is 7. The molecule has 0 aromatic carbocycles. The topological polar surface area (TPSA) is 58.2 Å². The van der Waals surface area contributed by atoms with Crippen LogP contribution < -0.4 is 10.6 Å². The van der Waals surface area contributed by atoms with Crippen molar-refractivity contribution in [3.8, 4) is 0 Å². The van der Waals surface area contributed by atoms with E-state index in [9.17, 15) is 9.59 Å². The Balaban J connectivity index is 4.97. The highest BCUT2D eigenvalue weighted by Crippen LogP contribution is 2.31. The van der Waals surface area contributed by atoms with E-state index >= 15 is 0 Å². The Kier molecular flexibility index (Phi) is 6.60. The number of nitrogens with one attached hydrogen (secondary N) is 2. The SMILES string of the molecule is C[B]C(=O)NC(C)(CC)NC(=O)C(C)(CC)C(C)C. The van der Waals surface area contributed by atoms with E-state index in [1.165, 1.54) is 7.28 Å². The van der Waals surface area contributed by atoms with Crippen LogP contribution in [-0.4, -0.2) is 24.7 Å². The molecule has 1 radical (unpaired) electrons. The van der Waals surface area contributed by atoms with Crippen molar-refractivity contribution in [1.29, 1.82) is 0 Å². The molecule has 2 atom stereocenters. The van der Waals surface area contributed by atoms with Crippen molar-refractivity contribution in [3.63, 3.8) is 0 Å². The van der Waals surface area contributed by atoms with Gasteiger partial charge in [-0.15, -0.1) is 0 Å². The zero-order chi connectivity index (χ0) is 15.3. The van der Waals surface area contributed by atoms with Gasteiger partial charge in [-0.2, -0.15) is 0 Å². The van der Waals surface area contributed by atoms with Crippen LogP contribution in [0.3, 0.4) is 0 Å². The van der Waals surface area contributed by atoms with Crippen molar-refractivity contribution in [2.24, 2.45) is 11.3 Å². The predicted octanol–water partition coefficient (Wildman–Crippen LogP) is 2.76. The molecule has 0 aliphatic heterocycles. The minimum absolute atomic E-state index is 0.00856. The molecule has 0 spiro atoms. The third-order valence-corrected chi connectivity index (χ3v) is 4.29. The van der Waals surface area contributed by atoms with Crippen molar-refractivity contribution >= 4 is 19.0 Å². The van der Waals surface area contributed by atoms with Crippen LogP contribution in [0.15, 0.2) is 0 Å². The van der Waals surface area contributed by atoms with E-state index in [1.807, 2.05) is 41.5 Å². The van der Waals surface area contributed by atoms with Crippen molar-refractivity contribution in [1.82, 2.24) is 10.6 Å². The molecule has 19 heavy (non-hydrogen) atoms. The second-order valence-electron chi connectivity index (χ2n) is 5.84. The highest BCUT2D eigenvalue weighted by Gasteiger charge is 2.38. The standard InChI is InChI=1S/C14H28BN2O2/c1-8-13(5,10(3)4)11(18)16-14(6,9-2)17-12(19)15-7/h10H,8-9H2,1-7H3,(H,16,18)(H,17,19). The molecule has 0 fully saturated rings. The molecule has 0 saturated carbocycles. The molecule has 0 aromatic rings. The van der Waals surface area contributed by atoms with Crippen LogP contribution in [-0.2, 0) is 4.79 Å². The largest absolute Gasteiger partial charge is 0.343 e. The van der Waals surface area contributed by atoms with Crippen LogP contribution in [0.1, 0.15) is 54.4 Å². The Morgan fingerprint density at radius 1 is 1.11 bits per heavy atom. The number of hydrogen-bond donors (Lipinski definition) is 2. The van der Waals surface area contributed by atoms with Gasteiger partial charge in [0.25, 0.3) is 0 Å². The fourth-order valence-corrected chi connectivity index (χ4v) is 1.78. The average Bonchev–Trinajstić information content (AvgIpc) is 2.36. The van der Waals surface area contributed by atoms with Crippen LogP contribution in [0.5, 0.6) is 0 Å². The summed E-state index contributed by atoms with van der Waals surface area (Å²) in [6.45, 7) is 13.5. The third kappa shape index (κ3) is 4.55.